The van der Waals surface area contributed by atoms with E-state index in [2.05, 4.69) is 45.9 Å². The van der Waals surface area contributed by atoms with Gasteiger partial charge in [0, 0.05) is 25.0 Å². The quantitative estimate of drug-likeness (QED) is 0.824. The summed E-state index contributed by atoms with van der Waals surface area (Å²) < 4.78 is 7.49. The third-order valence-corrected chi connectivity index (χ3v) is 3.57. The van der Waals surface area contributed by atoms with Crippen LogP contribution in [0.15, 0.2) is 24.3 Å². The third-order valence-electron chi connectivity index (χ3n) is 3.57. The maximum Gasteiger partial charge on any atom is 0.0685 e. The molecule has 3 rings (SSSR count). The molecule has 0 unspecified atom stereocenters. The first-order valence-electron chi connectivity index (χ1n) is 6.57. The van der Waals surface area contributed by atoms with Gasteiger partial charge in [-0.05, 0) is 13.0 Å². The number of morpholine rings is 1. The van der Waals surface area contributed by atoms with Gasteiger partial charge in [0.2, 0.25) is 0 Å². The molecule has 0 saturated carbocycles. The van der Waals surface area contributed by atoms with Crippen molar-refractivity contribution >= 4 is 10.9 Å². The SMILES string of the molecule is Cc1nn(CCN2CCOCC2)c2ccccc12. The van der Waals surface area contributed by atoms with E-state index < -0.39 is 0 Å². The Kier molecular flexibility index (Phi) is 3.30. The van der Waals surface area contributed by atoms with E-state index in [0.29, 0.717) is 0 Å². The van der Waals surface area contributed by atoms with Crippen LogP contribution in [0.25, 0.3) is 10.9 Å². The number of nitrogens with zero attached hydrogens (tertiary/aromatic N) is 3. The van der Waals surface area contributed by atoms with Crippen molar-refractivity contribution in [2.45, 2.75) is 13.5 Å². The number of aryl methyl sites for hydroxylation is 1. The van der Waals surface area contributed by atoms with Crippen LogP contribution in [0.3, 0.4) is 0 Å². The van der Waals surface area contributed by atoms with Crippen LogP contribution in [0.1, 0.15) is 5.69 Å². The van der Waals surface area contributed by atoms with Gasteiger partial charge in [0.05, 0.1) is 31.0 Å². The molecule has 0 aliphatic carbocycles. The molecule has 0 amide bonds. The summed E-state index contributed by atoms with van der Waals surface area (Å²) in [7, 11) is 0. The molecule has 96 valence electrons. The lowest BCUT2D eigenvalue weighted by Gasteiger charge is -2.26. The molecule has 2 heterocycles. The van der Waals surface area contributed by atoms with E-state index in [4.69, 9.17) is 4.74 Å². The Labute approximate surface area is 107 Å². The zero-order valence-electron chi connectivity index (χ0n) is 10.8. The summed E-state index contributed by atoms with van der Waals surface area (Å²) in [5, 5.41) is 5.90. The third kappa shape index (κ3) is 2.26. The Morgan fingerprint density at radius 1 is 1.17 bits per heavy atom. The molecule has 1 aliphatic heterocycles. The molecule has 0 N–H and O–H groups in total. The topological polar surface area (TPSA) is 30.3 Å². The van der Waals surface area contributed by atoms with E-state index in [1.165, 1.54) is 10.9 Å². The van der Waals surface area contributed by atoms with E-state index in [1.807, 2.05) is 0 Å². The number of para-hydroxylation sites is 1. The molecule has 1 aromatic carbocycles. The molecular weight excluding hydrogens is 226 g/mol. The molecular formula is C14H19N3O. The second kappa shape index (κ2) is 5.08. The van der Waals surface area contributed by atoms with Crippen LogP contribution in [0.5, 0.6) is 0 Å². The predicted octanol–water partition coefficient (Wildman–Crippen LogP) is 1.68. The van der Waals surface area contributed by atoms with Crippen molar-refractivity contribution in [3.05, 3.63) is 30.0 Å². The molecule has 18 heavy (non-hydrogen) atoms. The van der Waals surface area contributed by atoms with Crippen LogP contribution >= 0.6 is 0 Å². The summed E-state index contributed by atoms with van der Waals surface area (Å²) in [5.74, 6) is 0. The highest BCUT2D eigenvalue weighted by Crippen LogP contribution is 2.17. The van der Waals surface area contributed by atoms with Crippen LogP contribution in [-0.4, -0.2) is 47.5 Å². The number of aromatic nitrogens is 2. The van der Waals surface area contributed by atoms with Crippen molar-refractivity contribution in [3.63, 3.8) is 0 Å². The van der Waals surface area contributed by atoms with Crippen LogP contribution in [-0.2, 0) is 11.3 Å². The van der Waals surface area contributed by atoms with Crippen LogP contribution in [0.2, 0.25) is 0 Å². The number of hydrogen-bond acceptors (Lipinski definition) is 3. The van der Waals surface area contributed by atoms with Gasteiger partial charge in [-0.2, -0.15) is 5.10 Å². The van der Waals surface area contributed by atoms with Crippen molar-refractivity contribution in [2.75, 3.05) is 32.8 Å². The van der Waals surface area contributed by atoms with E-state index in [1.54, 1.807) is 0 Å². The van der Waals surface area contributed by atoms with Crippen molar-refractivity contribution in [3.8, 4) is 0 Å². The predicted molar refractivity (Wildman–Crippen MR) is 71.7 cm³/mol. The van der Waals surface area contributed by atoms with E-state index in [-0.39, 0.29) is 0 Å². The minimum atomic E-state index is 0.860. The fraction of sp³-hybridized carbons (Fsp3) is 0.500. The standard InChI is InChI=1S/C14H19N3O/c1-12-13-4-2-3-5-14(13)17(15-12)7-6-16-8-10-18-11-9-16/h2-5H,6-11H2,1H3. The first-order valence-corrected chi connectivity index (χ1v) is 6.57. The van der Waals surface area contributed by atoms with Gasteiger partial charge in [0.15, 0.2) is 0 Å². The number of hydrogen-bond donors (Lipinski definition) is 0. The van der Waals surface area contributed by atoms with Gasteiger partial charge in [-0.15, -0.1) is 0 Å². The van der Waals surface area contributed by atoms with Crippen LogP contribution in [0, 0.1) is 6.92 Å². The summed E-state index contributed by atoms with van der Waals surface area (Å²) in [6.45, 7) is 7.88. The van der Waals surface area contributed by atoms with Gasteiger partial charge in [-0.25, -0.2) is 0 Å². The maximum atomic E-state index is 5.36. The molecule has 1 fully saturated rings. The number of ether oxygens (including phenoxy) is 1. The van der Waals surface area contributed by atoms with Gasteiger partial charge in [0.1, 0.15) is 0 Å². The van der Waals surface area contributed by atoms with Gasteiger partial charge in [0.25, 0.3) is 0 Å². The molecule has 4 nitrogen and oxygen atoms in total. The zero-order chi connectivity index (χ0) is 12.4. The summed E-state index contributed by atoms with van der Waals surface area (Å²) in [5.41, 5.74) is 2.36. The first kappa shape index (κ1) is 11.7. The van der Waals surface area contributed by atoms with E-state index in [0.717, 1.165) is 45.1 Å². The van der Waals surface area contributed by atoms with Crippen LogP contribution in [0.4, 0.5) is 0 Å². The summed E-state index contributed by atoms with van der Waals surface area (Å²) in [6.07, 6.45) is 0. The smallest absolute Gasteiger partial charge is 0.0685 e. The van der Waals surface area contributed by atoms with Crippen molar-refractivity contribution in [2.24, 2.45) is 0 Å². The minimum Gasteiger partial charge on any atom is -0.379 e. The molecule has 0 atom stereocenters. The first-order chi connectivity index (χ1) is 8.84. The Balaban J connectivity index is 1.74. The zero-order valence-corrected chi connectivity index (χ0v) is 10.8. The summed E-state index contributed by atoms with van der Waals surface area (Å²) in [6, 6.07) is 8.44. The molecule has 1 saturated heterocycles. The monoisotopic (exact) mass is 245 g/mol. The molecule has 4 heteroatoms. The van der Waals surface area contributed by atoms with Gasteiger partial charge >= 0.3 is 0 Å². The van der Waals surface area contributed by atoms with E-state index in [9.17, 15) is 0 Å². The average molecular weight is 245 g/mol. The highest BCUT2D eigenvalue weighted by molar-refractivity contribution is 5.81. The van der Waals surface area contributed by atoms with E-state index >= 15 is 0 Å². The van der Waals surface area contributed by atoms with Crippen molar-refractivity contribution in [1.29, 1.82) is 0 Å². The number of rotatable bonds is 3. The summed E-state index contributed by atoms with van der Waals surface area (Å²) >= 11 is 0. The Bertz CT molecular complexity index is 529. The van der Waals surface area contributed by atoms with Crippen LogP contribution < -0.4 is 0 Å². The fourth-order valence-corrected chi connectivity index (χ4v) is 2.52. The van der Waals surface area contributed by atoms with Crippen molar-refractivity contribution in [1.82, 2.24) is 14.7 Å². The maximum absolute atomic E-state index is 5.36. The van der Waals surface area contributed by atoms with Gasteiger partial charge < -0.3 is 4.74 Å². The largest absolute Gasteiger partial charge is 0.379 e. The minimum absolute atomic E-state index is 0.860. The van der Waals surface area contributed by atoms with Gasteiger partial charge in [-0.1, -0.05) is 18.2 Å². The highest BCUT2D eigenvalue weighted by Gasteiger charge is 2.11. The average Bonchev–Trinajstić information content (AvgIpc) is 2.75. The number of benzene rings is 1. The summed E-state index contributed by atoms with van der Waals surface area (Å²) in [4.78, 5) is 2.44. The second-order valence-corrected chi connectivity index (χ2v) is 4.78. The number of fused-ring (bicyclic) bond motifs is 1. The molecule has 0 spiro atoms. The van der Waals surface area contributed by atoms with Gasteiger partial charge in [-0.3, -0.25) is 9.58 Å². The molecule has 0 bridgehead atoms. The molecule has 0 radical (unpaired) electrons. The fourth-order valence-electron chi connectivity index (χ4n) is 2.52. The Hall–Kier alpha value is -1.39. The lowest BCUT2D eigenvalue weighted by Crippen LogP contribution is -2.38. The lowest BCUT2D eigenvalue weighted by atomic mass is 10.2. The highest BCUT2D eigenvalue weighted by atomic mass is 16.5. The lowest BCUT2D eigenvalue weighted by molar-refractivity contribution is 0.0361. The Morgan fingerprint density at radius 2 is 1.94 bits per heavy atom. The van der Waals surface area contributed by atoms with Crippen molar-refractivity contribution < 1.29 is 4.74 Å². The Morgan fingerprint density at radius 3 is 2.78 bits per heavy atom. The molecule has 2 aromatic rings. The molecule has 1 aromatic heterocycles. The normalized spacial score (nSPS) is 17.4. The molecule has 1 aliphatic rings. The second-order valence-electron chi connectivity index (χ2n) is 4.78.